The predicted octanol–water partition coefficient (Wildman–Crippen LogP) is 7.52. The smallest absolute Gasteiger partial charge is 0.255 e. The Morgan fingerprint density at radius 2 is 1.84 bits per heavy atom. The molecule has 1 amide bonds. The summed E-state index contributed by atoms with van der Waals surface area (Å²) in [5, 5.41) is 13.3. The molecule has 2 fully saturated rings. The van der Waals surface area contributed by atoms with Crippen molar-refractivity contribution in [2.24, 2.45) is 5.92 Å². The second-order valence-corrected chi connectivity index (χ2v) is 9.92. The molecule has 2 aromatic carbocycles. The first-order chi connectivity index (χ1) is 14.9. The maximum absolute atomic E-state index is 14.5. The van der Waals surface area contributed by atoms with E-state index in [2.05, 4.69) is 5.32 Å². The standard InChI is InChI=1S/C24H24ClF2NO2S/c25-19-13-17(8-10-20(19)26)28-24(30)16-7-9-21(27)22(12-16)31-18-6-2-5-15(11-18)23(29)14-3-1-4-14/h7-10,12-13,15,18,29H,1-6,11H2,(H,28,30)/t15-,18+/m1/s1. The third-order valence-corrected chi connectivity index (χ3v) is 7.61. The van der Waals surface area contributed by atoms with Gasteiger partial charge in [-0.3, -0.25) is 4.79 Å². The molecule has 0 radical (unpaired) electrons. The number of carbonyl (C=O) groups excluding carboxylic acids is 1. The van der Waals surface area contributed by atoms with Gasteiger partial charge < -0.3 is 10.4 Å². The molecule has 0 aromatic heterocycles. The normalized spacial score (nSPS) is 20.8. The lowest BCUT2D eigenvalue weighted by atomic mass is 9.81. The van der Waals surface area contributed by atoms with Crippen molar-refractivity contribution in [1.29, 1.82) is 0 Å². The average molecular weight is 464 g/mol. The van der Waals surface area contributed by atoms with Gasteiger partial charge in [0.2, 0.25) is 0 Å². The summed E-state index contributed by atoms with van der Waals surface area (Å²) in [6, 6.07) is 8.20. The van der Waals surface area contributed by atoms with Crippen LogP contribution in [-0.2, 0) is 0 Å². The largest absolute Gasteiger partial charge is 0.512 e. The van der Waals surface area contributed by atoms with Crippen LogP contribution in [0.15, 0.2) is 52.6 Å². The van der Waals surface area contributed by atoms with E-state index < -0.39 is 11.7 Å². The van der Waals surface area contributed by atoms with Gasteiger partial charge in [0, 0.05) is 27.3 Å². The minimum Gasteiger partial charge on any atom is -0.512 e. The molecule has 3 nitrogen and oxygen atoms in total. The van der Waals surface area contributed by atoms with E-state index in [0.717, 1.165) is 44.9 Å². The monoisotopic (exact) mass is 463 g/mol. The Morgan fingerprint density at radius 3 is 2.55 bits per heavy atom. The van der Waals surface area contributed by atoms with E-state index in [1.165, 1.54) is 47.7 Å². The number of allylic oxidation sites excluding steroid dienone is 2. The summed E-state index contributed by atoms with van der Waals surface area (Å²) in [5.74, 6) is -0.638. The fraction of sp³-hybridized carbons (Fsp3) is 0.375. The topological polar surface area (TPSA) is 49.3 Å². The number of benzene rings is 2. The van der Waals surface area contributed by atoms with Gasteiger partial charge in [0.1, 0.15) is 11.6 Å². The number of anilines is 1. The third-order valence-electron chi connectivity index (χ3n) is 6.00. The Balaban J connectivity index is 1.44. The molecule has 7 heteroatoms. The number of aliphatic hydroxyl groups is 1. The van der Waals surface area contributed by atoms with Crippen molar-refractivity contribution in [3.05, 3.63) is 70.0 Å². The van der Waals surface area contributed by atoms with Crippen LogP contribution in [0, 0.1) is 17.6 Å². The van der Waals surface area contributed by atoms with Crippen LogP contribution in [0.4, 0.5) is 14.5 Å². The van der Waals surface area contributed by atoms with Crippen molar-refractivity contribution < 1.29 is 18.7 Å². The Kier molecular flexibility index (Phi) is 6.87. The molecule has 2 atom stereocenters. The molecule has 31 heavy (non-hydrogen) atoms. The quantitative estimate of drug-likeness (QED) is 0.451. The van der Waals surface area contributed by atoms with E-state index in [-0.39, 0.29) is 22.0 Å². The molecule has 0 aliphatic heterocycles. The molecule has 2 aliphatic rings. The minimum absolute atomic E-state index is 0.0832. The average Bonchev–Trinajstić information content (AvgIpc) is 2.71. The number of hydrogen-bond donors (Lipinski definition) is 2. The van der Waals surface area contributed by atoms with Gasteiger partial charge in [-0.2, -0.15) is 0 Å². The van der Waals surface area contributed by atoms with Crippen LogP contribution >= 0.6 is 23.4 Å². The van der Waals surface area contributed by atoms with Crippen molar-refractivity contribution in [1.82, 2.24) is 0 Å². The van der Waals surface area contributed by atoms with E-state index in [1.807, 2.05) is 0 Å². The molecule has 2 aliphatic carbocycles. The molecular weight excluding hydrogens is 440 g/mol. The highest BCUT2D eigenvalue weighted by atomic mass is 35.5. The second kappa shape index (κ2) is 9.61. The predicted molar refractivity (Wildman–Crippen MR) is 121 cm³/mol. The van der Waals surface area contributed by atoms with Crippen LogP contribution < -0.4 is 5.32 Å². The number of hydrogen-bond acceptors (Lipinski definition) is 3. The van der Waals surface area contributed by atoms with Crippen molar-refractivity contribution >= 4 is 35.0 Å². The summed E-state index contributed by atoms with van der Waals surface area (Å²) in [6.45, 7) is 0. The Hall–Kier alpha value is -2.05. The highest BCUT2D eigenvalue weighted by molar-refractivity contribution is 8.00. The lowest BCUT2D eigenvalue weighted by molar-refractivity contribution is 0.102. The van der Waals surface area contributed by atoms with Crippen molar-refractivity contribution in [3.8, 4) is 0 Å². The molecular formula is C24H24ClF2NO2S. The van der Waals surface area contributed by atoms with E-state index in [0.29, 0.717) is 21.9 Å². The fourth-order valence-corrected chi connectivity index (χ4v) is 5.62. The maximum atomic E-state index is 14.5. The van der Waals surface area contributed by atoms with Gasteiger partial charge in [-0.1, -0.05) is 18.0 Å². The summed E-state index contributed by atoms with van der Waals surface area (Å²) in [5.41, 5.74) is 1.86. The molecule has 4 rings (SSSR count). The van der Waals surface area contributed by atoms with Crippen LogP contribution in [-0.4, -0.2) is 16.3 Å². The fourth-order valence-electron chi connectivity index (χ4n) is 4.09. The lowest BCUT2D eigenvalue weighted by Crippen LogP contribution is -2.21. The first-order valence-electron chi connectivity index (χ1n) is 10.5. The molecule has 0 bridgehead atoms. The van der Waals surface area contributed by atoms with Crippen molar-refractivity contribution in [3.63, 3.8) is 0 Å². The van der Waals surface area contributed by atoms with E-state index in [1.54, 1.807) is 6.07 Å². The van der Waals surface area contributed by atoms with Gasteiger partial charge in [0.15, 0.2) is 0 Å². The summed E-state index contributed by atoms with van der Waals surface area (Å²) in [4.78, 5) is 13.0. The number of carbonyl (C=O) groups is 1. The summed E-state index contributed by atoms with van der Waals surface area (Å²) < 4.78 is 27.8. The SMILES string of the molecule is O=C(Nc1ccc(F)c(Cl)c1)c1ccc(F)c(S[C@H]2CCC[C@@H](C(O)=C3CCC3)C2)c1. The molecule has 0 saturated heterocycles. The molecule has 0 unspecified atom stereocenters. The van der Waals surface area contributed by atoms with E-state index >= 15 is 0 Å². The Labute approximate surface area is 189 Å². The molecule has 0 heterocycles. The van der Waals surface area contributed by atoms with E-state index in [9.17, 15) is 18.7 Å². The summed E-state index contributed by atoms with van der Waals surface area (Å²) in [6.07, 6.45) is 6.85. The van der Waals surface area contributed by atoms with E-state index in [4.69, 9.17) is 11.6 Å². The van der Waals surface area contributed by atoms with Crippen LogP contribution in [0.3, 0.4) is 0 Å². The van der Waals surface area contributed by atoms with Crippen LogP contribution in [0.5, 0.6) is 0 Å². The Bertz CT molecular complexity index is 1020. The number of amides is 1. The first kappa shape index (κ1) is 22.2. The summed E-state index contributed by atoms with van der Waals surface area (Å²) in [7, 11) is 0. The van der Waals surface area contributed by atoms with Crippen LogP contribution in [0.1, 0.15) is 55.3 Å². The van der Waals surface area contributed by atoms with Crippen molar-refractivity contribution in [2.45, 2.75) is 55.1 Å². The number of rotatable bonds is 5. The molecule has 2 aromatic rings. The number of thioether (sulfide) groups is 1. The highest BCUT2D eigenvalue weighted by Gasteiger charge is 2.29. The summed E-state index contributed by atoms with van der Waals surface area (Å²) >= 11 is 7.20. The molecule has 164 valence electrons. The number of nitrogens with one attached hydrogen (secondary N) is 1. The van der Waals surface area contributed by atoms with Gasteiger partial charge in [0.05, 0.1) is 10.8 Å². The lowest BCUT2D eigenvalue weighted by Gasteiger charge is -2.31. The third kappa shape index (κ3) is 5.24. The maximum Gasteiger partial charge on any atom is 0.255 e. The second-order valence-electron chi connectivity index (χ2n) is 8.17. The zero-order valence-electron chi connectivity index (χ0n) is 17.0. The number of halogens is 3. The Morgan fingerprint density at radius 1 is 1.06 bits per heavy atom. The van der Waals surface area contributed by atoms with Crippen molar-refractivity contribution in [2.75, 3.05) is 5.32 Å². The zero-order valence-corrected chi connectivity index (χ0v) is 18.5. The van der Waals surface area contributed by atoms with Gasteiger partial charge in [-0.15, -0.1) is 11.8 Å². The van der Waals surface area contributed by atoms with Gasteiger partial charge >= 0.3 is 0 Å². The van der Waals surface area contributed by atoms with Gasteiger partial charge in [-0.25, -0.2) is 8.78 Å². The van der Waals surface area contributed by atoms with Crippen LogP contribution in [0.2, 0.25) is 5.02 Å². The molecule has 2 N–H and O–H groups in total. The molecule has 2 saturated carbocycles. The first-order valence-corrected chi connectivity index (χ1v) is 11.8. The van der Waals surface area contributed by atoms with Gasteiger partial charge in [-0.05, 0) is 80.5 Å². The van der Waals surface area contributed by atoms with Crippen LogP contribution in [0.25, 0.3) is 0 Å². The molecule has 0 spiro atoms. The zero-order chi connectivity index (χ0) is 22.0. The van der Waals surface area contributed by atoms with Gasteiger partial charge in [0.25, 0.3) is 5.91 Å². The minimum atomic E-state index is -0.565. The number of aliphatic hydroxyl groups excluding tert-OH is 1. The highest BCUT2D eigenvalue weighted by Crippen LogP contribution is 2.42.